The second-order valence-corrected chi connectivity index (χ2v) is 19.9. The molecule has 0 bridgehead atoms. The summed E-state index contributed by atoms with van der Waals surface area (Å²) in [4.78, 5) is 10.4. The van der Waals surface area contributed by atoms with Gasteiger partial charge in [0.05, 0.1) is 33.1 Å². The smallest absolute Gasteiger partial charge is 0.268 e. The maximum atomic E-state index is 6.78. The number of hydrogen-bond acceptors (Lipinski definition) is 3. The third-order valence-electron chi connectivity index (χ3n) is 14.6. The largest absolute Gasteiger partial charge is 0.510 e. The van der Waals surface area contributed by atoms with Crippen LogP contribution in [0.25, 0.3) is 117 Å². The van der Waals surface area contributed by atoms with Crippen molar-refractivity contribution in [2.45, 2.75) is 26.2 Å². The fourth-order valence-electron chi connectivity index (χ4n) is 11.3. The summed E-state index contributed by atoms with van der Waals surface area (Å²) < 4.78 is 18.0. The summed E-state index contributed by atoms with van der Waals surface area (Å²) in [6.45, 7) is 6.68. The Bertz CT molecular complexity index is 4590. The van der Waals surface area contributed by atoms with Gasteiger partial charge in [-0.15, -0.1) is 29.7 Å². The van der Waals surface area contributed by atoms with E-state index in [9.17, 15) is 0 Å². The molecule has 9 aromatic carbocycles. The van der Waals surface area contributed by atoms with Gasteiger partial charge in [0.2, 0.25) is 5.78 Å². The summed E-state index contributed by atoms with van der Waals surface area (Å²) >= 11 is 0. The summed E-state index contributed by atoms with van der Waals surface area (Å²) in [6, 6.07) is 77.8. The van der Waals surface area contributed by atoms with Crippen molar-refractivity contribution < 1.29 is 30.4 Å². The van der Waals surface area contributed by atoms with Crippen molar-refractivity contribution >= 4 is 60.7 Å². The van der Waals surface area contributed by atoms with E-state index in [2.05, 4.69) is 244 Å². The first-order valence-corrected chi connectivity index (χ1v) is 24.7. The molecule has 0 saturated carbocycles. The van der Waals surface area contributed by atoms with Crippen molar-refractivity contribution in [3.63, 3.8) is 0 Å². The zero-order valence-electron chi connectivity index (χ0n) is 40.5. The third kappa shape index (κ3) is 6.54. The third-order valence-corrected chi connectivity index (χ3v) is 14.6. The van der Waals surface area contributed by atoms with Crippen LogP contribution in [0.3, 0.4) is 0 Å². The van der Waals surface area contributed by atoms with Crippen LogP contribution in [0.2, 0.25) is 0 Å². The van der Waals surface area contributed by atoms with Gasteiger partial charge >= 0.3 is 0 Å². The Hall–Kier alpha value is -8.84. The molecule has 74 heavy (non-hydrogen) atoms. The Kier molecular flexibility index (Phi) is 9.85. The van der Waals surface area contributed by atoms with Crippen molar-refractivity contribution in [3.8, 4) is 67.8 Å². The molecule has 1 aliphatic rings. The Morgan fingerprint density at radius 1 is 0.527 bits per heavy atom. The van der Waals surface area contributed by atoms with Crippen LogP contribution in [0, 0.1) is 18.5 Å². The van der Waals surface area contributed by atoms with E-state index in [0.717, 1.165) is 117 Å². The SMILES string of the molecule is CC(C)(C)c1ccnc(-n2c3[c-]c(Oc4[c-]c(-n5[c-][n+]6c7c(cccc75)-c5ccccc5-c5ccccc5-c5ccc7nc8n(-c9ccccc9)c9ccccc9n8c7c5-6)ccc4)ccc3c3ccccc32)c1.[Pt]. The molecular weight excluding hydrogens is 1090 g/mol. The summed E-state index contributed by atoms with van der Waals surface area (Å²) in [5, 5.41) is 2.20. The molecule has 356 valence electrons. The second kappa shape index (κ2) is 16.6. The average molecular weight is 1130 g/mol. The molecule has 0 fully saturated rings. The molecule has 15 rings (SSSR count). The molecule has 0 amide bonds. The molecule has 8 nitrogen and oxygen atoms in total. The molecule has 6 heterocycles. The van der Waals surface area contributed by atoms with E-state index < -0.39 is 0 Å². The van der Waals surface area contributed by atoms with Gasteiger partial charge in [-0.2, -0.15) is 18.2 Å². The quantitative estimate of drug-likeness (QED) is 0.127. The molecule has 0 N–H and O–H groups in total. The molecule has 9 heteroatoms. The number of rotatable bonds is 5. The van der Waals surface area contributed by atoms with Crippen molar-refractivity contribution in [2.75, 3.05) is 0 Å². The molecule has 0 radical (unpaired) electrons. The average Bonchev–Trinajstić information content (AvgIpc) is 4.20. The molecule has 5 aromatic heterocycles. The number of pyridine rings is 1. The normalized spacial score (nSPS) is 12.1. The van der Waals surface area contributed by atoms with Crippen molar-refractivity contribution in [3.05, 3.63) is 230 Å². The Morgan fingerprint density at radius 3 is 1.96 bits per heavy atom. The first-order chi connectivity index (χ1) is 35.9. The van der Waals surface area contributed by atoms with E-state index in [-0.39, 0.29) is 26.5 Å². The van der Waals surface area contributed by atoms with Gasteiger partial charge < -0.3 is 13.9 Å². The molecule has 0 spiro atoms. The maximum absolute atomic E-state index is 6.78. The van der Waals surface area contributed by atoms with Crippen LogP contribution in [-0.4, -0.2) is 28.1 Å². The zero-order valence-corrected chi connectivity index (χ0v) is 42.8. The summed E-state index contributed by atoms with van der Waals surface area (Å²) in [6.07, 6.45) is 5.85. The van der Waals surface area contributed by atoms with Crippen molar-refractivity contribution in [1.29, 1.82) is 0 Å². The van der Waals surface area contributed by atoms with Gasteiger partial charge in [-0.1, -0.05) is 148 Å². The number of fused-ring (bicyclic) bond motifs is 16. The van der Waals surface area contributed by atoms with Crippen LogP contribution in [-0.2, 0) is 26.5 Å². The van der Waals surface area contributed by atoms with Crippen LogP contribution in [0.1, 0.15) is 26.3 Å². The van der Waals surface area contributed by atoms with Crippen molar-refractivity contribution in [2.24, 2.45) is 0 Å². The first kappa shape index (κ1) is 43.9. The molecule has 0 unspecified atom stereocenters. The Balaban J connectivity index is 0.00000505. The molecule has 0 atom stereocenters. The van der Waals surface area contributed by atoms with Crippen LogP contribution >= 0.6 is 0 Å². The number of benzene rings is 9. The summed E-state index contributed by atoms with van der Waals surface area (Å²) in [7, 11) is 0. The molecule has 0 saturated heterocycles. The minimum absolute atomic E-state index is 0. The van der Waals surface area contributed by atoms with Crippen molar-refractivity contribution in [1.82, 2.24) is 28.1 Å². The second-order valence-electron chi connectivity index (χ2n) is 19.9. The van der Waals surface area contributed by atoms with E-state index in [4.69, 9.17) is 14.7 Å². The minimum atomic E-state index is -0.0457. The Morgan fingerprint density at radius 2 is 1.18 bits per heavy atom. The minimum Gasteiger partial charge on any atom is -0.510 e. The van der Waals surface area contributed by atoms with Crippen LogP contribution in [0.15, 0.2) is 206 Å². The molecule has 0 aliphatic carbocycles. The van der Waals surface area contributed by atoms with E-state index in [1.807, 2.05) is 24.4 Å². The van der Waals surface area contributed by atoms with Crippen LogP contribution < -0.4 is 9.30 Å². The zero-order chi connectivity index (χ0) is 48.5. The number of para-hydroxylation sites is 5. The summed E-state index contributed by atoms with van der Waals surface area (Å²) in [5.74, 6) is 2.80. The van der Waals surface area contributed by atoms with Crippen LogP contribution in [0.5, 0.6) is 11.5 Å². The number of aromatic nitrogens is 7. The van der Waals surface area contributed by atoms with Gasteiger partial charge in [0.15, 0.2) is 0 Å². The fraction of sp³-hybridized carbons (Fsp3) is 0.0615. The topological polar surface area (TPSA) is 58.1 Å². The van der Waals surface area contributed by atoms with Gasteiger partial charge in [0, 0.05) is 50.0 Å². The first-order valence-electron chi connectivity index (χ1n) is 24.7. The number of imidazole rings is 3. The van der Waals surface area contributed by atoms with Gasteiger partial charge in [-0.25, -0.2) is 9.97 Å². The fourth-order valence-corrected chi connectivity index (χ4v) is 11.3. The van der Waals surface area contributed by atoms with Gasteiger partial charge in [0.25, 0.3) is 6.33 Å². The van der Waals surface area contributed by atoms with E-state index in [0.29, 0.717) is 11.5 Å². The predicted octanol–water partition coefficient (Wildman–Crippen LogP) is 14.9. The molecular formula is C65H43N7OPt-2. The molecule has 14 aromatic rings. The number of hydrogen-bond donors (Lipinski definition) is 0. The van der Waals surface area contributed by atoms with E-state index >= 15 is 0 Å². The van der Waals surface area contributed by atoms with Gasteiger partial charge in [-0.3, -0.25) is 13.5 Å². The van der Waals surface area contributed by atoms with Gasteiger partial charge in [-0.05, 0) is 104 Å². The Labute approximate surface area is 440 Å². The monoisotopic (exact) mass is 1130 g/mol. The van der Waals surface area contributed by atoms with E-state index in [1.54, 1.807) is 0 Å². The van der Waals surface area contributed by atoms with Gasteiger partial charge in [0.1, 0.15) is 11.5 Å². The molecule has 1 aliphatic heterocycles. The van der Waals surface area contributed by atoms with Crippen LogP contribution in [0.4, 0.5) is 0 Å². The van der Waals surface area contributed by atoms with E-state index in [1.165, 1.54) is 5.56 Å². The predicted molar refractivity (Wildman–Crippen MR) is 292 cm³/mol. The number of nitrogens with zero attached hydrogens (tertiary/aromatic N) is 7. The summed E-state index contributed by atoms with van der Waals surface area (Å²) in [5.41, 5.74) is 18.6. The maximum Gasteiger partial charge on any atom is 0.268 e. The number of ether oxygens (including phenoxy) is 1. The standard InChI is InChI=1S/C65H43N7O.Pt/c1-65(2,3)41-35-36-66-60(37-41)71-55-27-12-11-25-50(55)51-32-31-45(39-59(51)71)73-44-20-15-19-43(38-44)68-40-69-61-52(26-16-30-58(61)68)48-23-9-7-21-46(48)47-22-8-10-24-49(47)53-33-34-54-63(62(53)69)72-57-29-14-13-28-56(57)70(64(72)67-54)42-17-5-4-6-18-42;/h4-37H,1-3H3;/q-2;.